The molecular formula is C13H14N4. The largest absolute Gasteiger partial charge is 0.245 e. The van der Waals surface area contributed by atoms with Crippen molar-refractivity contribution in [3.05, 3.63) is 42.0 Å². The van der Waals surface area contributed by atoms with Crippen molar-refractivity contribution in [2.24, 2.45) is 0 Å². The van der Waals surface area contributed by atoms with E-state index in [0.29, 0.717) is 5.69 Å². The Kier molecular flexibility index (Phi) is 2.68. The summed E-state index contributed by atoms with van der Waals surface area (Å²) in [4.78, 5) is 3.94. The molecule has 2 heterocycles. The molecule has 0 aliphatic rings. The molecule has 0 atom stereocenters. The van der Waals surface area contributed by atoms with Crippen molar-refractivity contribution in [2.45, 2.75) is 26.2 Å². The molecule has 0 saturated carbocycles. The molecule has 0 spiro atoms. The second kappa shape index (κ2) is 4.02. The number of nitrogens with zero attached hydrogens (tertiary/aromatic N) is 4. The van der Waals surface area contributed by atoms with Gasteiger partial charge in [-0.15, -0.1) is 0 Å². The van der Waals surface area contributed by atoms with Gasteiger partial charge >= 0.3 is 0 Å². The number of hydrogen-bond acceptors (Lipinski definition) is 3. The maximum atomic E-state index is 8.80. The van der Waals surface area contributed by atoms with E-state index in [2.05, 4.69) is 30.9 Å². The lowest BCUT2D eigenvalue weighted by Crippen LogP contribution is -2.12. The fourth-order valence-electron chi connectivity index (χ4n) is 1.49. The monoisotopic (exact) mass is 226 g/mol. The van der Waals surface area contributed by atoms with Gasteiger partial charge in [0.1, 0.15) is 11.8 Å². The summed E-state index contributed by atoms with van der Waals surface area (Å²) in [6, 6.07) is 7.57. The molecule has 86 valence electrons. The Balaban J connectivity index is 2.41. The van der Waals surface area contributed by atoms with Crippen LogP contribution in [0.1, 0.15) is 32.2 Å². The van der Waals surface area contributed by atoms with Gasteiger partial charge in [-0.3, -0.25) is 0 Å². The van der Waals surface area contributed by atoms with Crippen molar-refractivity contribution in [3.63, 3.8) is 0 Å². The first-order valence-corrected chi connectivity index (χ1v) is 5.43. The second-order valence-electron chi connectivity index (χ2n) is 4.91. The van der Waals surface area contributed by atoms with Crippen molar-refractivity contribution in [1.82, 2.24) is 14.8 Å². The maximum absolute atomic E-state index is 8.80. The van der Waals surface area contributed by atoms with Crippen molar-refractivity contribution in [1.29, 1.82) is 5.26 Å². The van der Waals surface area contributed by atoms with Crippen LogP contribution in [0.4, 0.5) is 0 Å². The quantitative estimate of drug-likeness (QED) is 0.750. The van der Waals surface area contributed by atoms with Crippen molar-refractivity contribution in [2.75, 3.05) is 0 Å². The van der Waals surface area contributed by atoms with E-state index in [0.717, 1.165) is 11.4 Å². The average Bonchev–Trinajstić information content (AvgIpc) is 2.78. The summed E-state index contributed by atoms with van der Waals surface area (Å²) in [6.45, 7) is 6.35. The van der Waals surface area contributed by atoms with E-state index in [1.807, 2.05) is 24.4 Å². The highest BCUT2D eigenvalue weighted by Gasteiger charge is 2.16. The first-order chi connectivity index (χ1) is 8.00. The first-order valence-electron chi connectivity index (χ1n) is 5.43. The van der Waals surface area contributed by atoms with Gasteiger partial charge in [-0.2, -0.15) is 10.4 Å². The van der Waals surface area contributed by atoms with Crippen LogP contribution in [0.2, 0.25) is 0 Å². The van der Waals surface area contributed by atoms with Crippen LogP contribution in [0.5, 0.6) is 0 Å². The molecule has 0 unspecified atom stereocenters. The smallest absolute Gasteiger partial charge is 0.142 e. The van der Waals surface area contributed by atoms with Crippen LogP contribution in [0.3, 0.4) is 0 Å². The van der Waals surface area contributed by atoms with Gasteiger partial charge in [0.05, 0.1) is 11.4 Å². The minimum atomic E-state index is 0.0241. The molecule has 2 rings (SSSR count). The van der Waals surface area contributed by atoms with Crippen molar-refractivity contribution in [3.8, 4) is 11.8 Å². The first kappa shape index (κ1) is 11.3. The normalized spacial score (nSPS) is 11.2. The van der Waals surface area contributed by atoms with Gasteiger partial charge in [0.15, 0.2) is 0 Å². The van der Waals surface area contributed by atoms with Gasteiger partial charge in [0.2, 0.25) is 0 Å². The van der Waals surface area contributed by atoms with Crippen LogP contribution in [0.25, 0.3) is 5.69 Å². The average molecular weight is 226 g/mol. The minimum Gasteiger partial charge on any atom is -0.245 e. The third-order valence-corrected chi connectivity index (χ3v) is 2.48. The second-order valence-corrected chi connectivity index (χ2v) is 4.91. The molecule has 0 aliphatic heterocycles. The zero-order valence-electron chi connectivity index (χ0n) is 10.2. The van der Waals surface area contributed by atoms with Crippen LogP contribution in [-0.4, -0.2) is 14.8 Å². The molecule has 0 aliphatic carbocycles. The number of hydrogen-bond donors (Lipinski definition) is 0. The van der Waals surface area contributed by atoms with Crippen LogP contribution >= 0.6 is 0 Å². The Hall–Kier alpha value is -2.15. The molecule has 0 radical (unpaired) electrons. The van der Waals surface area contributed by atoms with Crippen LogP contribution in [-0.2, 0) is 5.41 Å². The summed E-state index contributed by atoms with van der Waals surface area (Å²) in [5, 5.41) is 13.3. The van der Waals surface area contributed by atoms with E-state index >= 15 is 0 Å². The summed E-state index contributed by atoms with van der Waals surface area (Å²) >= 11 is 0. The highest BCUT2D eigenvalue weighted by Crippen LogP contribution is 2.20. The molecule has 0 fully saturated rings. The molecule has 4 nitrogen and oxygen atoms in total. The van der Waals surface area contributed by atoms with Gasteiger partial charge in [-0.25, -0.2) is 9.67 Å². The molecule has 2 aromatic rings. The predicted octanol–water partition coefficient (Wildman–Crippen LogP) is 2.44. The summed E-state index contributed by atoms with van der Waals surface area (Å²) in [5.41, 5.74) is 2.30. The lowest BCUT2D eigenvalue weighted by Gasteiger charge is -2.14. The molecule has 0 N–H and O–H groups in total. The van der Waals surface area contributed by atoms with Gasteiger partial charge in [-0.1, -0.05) is 20.8 Å². The molecule has 17 heavy (non-hydrogen) atoms. The molecule has 2 aromatic heterocycles. The number of pyridine rings is 1. The Labute approximate surface area is 101 Å². The number of aromatic nitrogens is 3. The predicted molar refractivity (Wildman–Crippen MR) is 64.8 cm³/mol. The lowest BCUT2D eigenvalue weighted by molar-refractivity contribution is 0.560. The highest BCUT2D eigenvalue weighted by molar-refractivity contribution is 5.36. The zero-order valence-corrected chi connectivity index (χ0v) is 10.2. The number of rotatable bonds is 1. The minimum absolute atomic E-state index is 0.0241. The molecule has 0 amide bonds. The summed E-state index contributed by atoms with van der Waals surface area (Å²) < 4.78 is 1.77. The Bertz CT molecular complexity index is 570. The van der Waals surface area contributed by atoms with Crippen LogP contribution in [0, 0.1) is 11.3 Å². The molecular weight excluding hydrogens is 212 g/mol. The topological polar surface area (TPSA) is 54.5 Å². The van der Waals surface area contributed by atoms with Gasteiger partial charge in [0.25, 0.3) is 0 Å². The number of nitriles is 1. The van der Waals surface area contributed by atoms with Gasteiger partial charge in [-0.05, 0) is 12.1 Å². The van der Waals surface area contributed by atoms with Crippen molar-refractivity contribution >= 4 is 0 Å². The van der Waals surface area contributed by atoms with E-state index in [-0.39, 0.29) is 5.41 Å². The fourth-order valence-corrected chi connectivity index (χ4v) is 1.49. The van der Waals surface area contributed by atoms with E-state index < -0.39 is 0 Å². The van der Waals surface area contributed by atoms with Crippen molar-refractivity contribution < 1.29 is 0 Å². The summed E-state index contributed by atoms with van der Waals surface area (Å²) in [7, 11) is 0. The van der Waals surface area contributed by atoms with Crippen LogP contribution in [0.15, 0.2) is 30.6 Å². The van der Waals surface area contributed by atoms with Gasteiger partial charge < -0.3 is 0 Å². The Morgan fingerprint density at radius 1 is 1.29 bits per heavy atom. The van der Waals surface area contributed by atoms with E-state index in [1.54, 1.807) is 16.9 Å². The van der Waals surface area contributed by atoms with E-state index in [4.69, 9.17) is 5.26 Å². The highest BCUT2D eigenvalue weighted by atomic mass is 15.3. The molecule has 0 saturated heterocycles. The van der Waals surface area contributed by atoms with E-state index in [9.17, 15) is 0 Å². The lowest BCUT2D eigenvalue weighted by atomic mass is 9.93. The molecule has 0 bridgehead atoms. The Morgan fingerprint density at radius 2 is 2.06 bits per heavy atom. The third kappa shape index (κ3) is 2.34. The summed E-state index contributed by atoms with van der Waals surface area (Å²) in [5.74, 6) is 0. The standard InChI is InChI=1S/C13H14N4/c1-13(2,3)12-5-7-17(16-12)11-4-6-15-10(8-11)9-14/h4-8H,1-3H3. The fraction of sp³-hybridized carbons (Fsp3) is 0.308. The SMILES string of the molecule is CC(C)(C)c1ccn(-c2ccnc(C#N)c2)n1. The molecule has 0 aromatic carbocycles. The van der Waals surface area contributed by atoms with Gasteiger partial charge in [0, 0.05) is 23.9 Å². The maximum Gasteiger partial charge on any atom is 0.142 e. The molecule has 4 heteroatoms. The third-order valence-electron chi connectivity index (χ3n) is 2.48. The summed E-state index contributed by atoms with van der Waals surface area (Å²) in [6.07, 6.45) is 3.52. The Morgan fingerprint density at radius 3 is 2.65 bits per heavy atom. The van der Waals surface area contributed by atoms with E-state index in [1.165, 1.54) is 0 Å². The zero-order chi connectivity index (χ0) is 12.5. The van der Waals surface area contributed by atoms with Crippen LogP contribution < -0.4 is 0 Å².